The fraction of sp³-hybridized carbons (Fsp3) is 0.444. The monoisotopic (exact) mass is 384 g/mol. The van der Waals surface area contributed by atoms with Crippen LogP contribution in [0.5, 0.6) is 0 Å². The lowest BCUT2D eigenvalue weighted by Crippen LogP contribution is -2.36. The Morgan fingerprint density at radius 2 is 2.04 bits per heavy atom. The molecule has 146 valence electrons. The van der Waals surface area contributed by atoms with E-state index in [1.807, 2.05) is 6.92 Å². The number of carbonyl (C=O) groups is 1. The molecule has 0 radical (unpaired) electrons. The quantitative estimate of drug-likeness (QED) is 0.777. The van der Waals surface area contributed by atoms with Gasteiger partial charge in [0.05, 0.1) is 6.04 Å². The number of benzene rings is 1. The van der Waals surface area contributed by atoms with Gasteiger partial charge >= 0.3 is 6.18 Å². The van der Waals surface area contributed by atoms with Crippen LogP contribution in [0.3, 0.4) is 0 Å². The van der Waals surface area contributed by atoms with Gasteiger partial charge in [-0.2, -0.15) is 18.3 Å². The topological polar surface area (TPSA) is 59.0 Å². The zero-order chi connectivity index (χ0) is 19.8. The molecule has 3 rings (SSSR count). The Balaban J connectivity index is 1.93. The van der Waals surface area contributed by atoms with Crippen molar-refractivity contribution in [3.05, 3.63) is 47.4 Å². The maximum absolute atomic E-state index is 13.6. The van der Waals surface area contributed by atoms with Crippen molar-refractivity contribution in [2.24, 2.45) is 0 Å². The number of rotatable bonds is 4. The third-order valence-electron chi connectivity index (χ3n) is 4.68. The minimum absolute atomic E-state index is 0.0770. The van der Waals surface area contributed by atoms with E-state index in [-0.39, 0.29) is 24.0 Å². The molecule has 0 bridgehead atoms. The summed E-state index contributed by atoms with van der Waals surface area (Å²) in [5.74, 6) is -0.879. The minimum atomic E-state index is -4.54. The summed E-state index contributed by atoms with van der Waals surface area (Å²) >= 11 is 0. The summed E-state index contributed by atoms with van der Waals surface area (Å²) in [4.78, 5) is 12.2. The summed E-state index contributed by atoms with van der Waals surface area (Å²) < 4.78 is 54.7. The molecule has 1 aromatic carbocycles. The molecule has 0 saturated carbocycles. The average Bonchev–Trinajstić information content (AvgIpc) is 3.04. The molecule has 2 heterocycles. The second kappa shape index (κ2) is 7.21. The third-order valence-corrected chi connectivity index (χ3v) is 4.68. The van der Waals surface area contributed by atoms with Gasteiger partial charge in [-0.15, -0.1) is 0 Å². The number of carbonyl (C=O) groups excluding carboxylic acids is 1. The Morgan fingerprint density at radius 1 is 1.37 bits per heavy atom. The van der Waals surface area contributed by atoms with Crippen molar-refractivity contribution in [1.29, 1.82) is 0 Å². The second-order valence-corrected chi connectivity index (χ2v) is 6.68. The predicted molar refractivity (Wildman–Crippen MR) is 91.9 cm³/mol. The van der Waals surface area contributed by atoms with Gasteiger partial charge in [-0.3, -0.25) is 4.79 Å². The van der Waals surface area contributed by atoms with Gasteiger partial charge in [0, 0.05) is 18.5 Å². The highest BCUT2D eigenvalue weighted by atomic mass is 19.4. The third kappa shape index (κ3) is 4.06. The molecule has 0 aliphatic carbocycles. The maximum Gasteiger partial charge on any atom is 0.410 e. The van der Waals surface area contributed by atoms with Gasteiger partial charge in [0.2, 0.25) is 0 Å². The number of alkyl halides is 3. The zero-order valence-electron chi connectivity index (χ0n) is 14.8. The van der Waals surface area contributed by atoms with Crippen LogP contribution in [0.1, 0.15) is 54.8 Å². The molecular formula is C18H20F4N4O. The zero-order valence-corrected chi connectivity index (χ0v) is 14.8. The lowest BCUT2D eigenvalue weighted by atomic mass is 9.97. The van der Waals surface area contributed by atoms with Gasteiger partial charge in [0.1, 0.15) is 11.6 Å². The molecular weight excluding hydrogens is 364 g/mol. The minimum Gasteiger partial charge on any atom is -0.363 e. The van der Waals surface area contributed by atoms with E-state index < -0.39 is 30.0 Å². The van der Waals surface area contributed by atoms with Crippen molar-refractivity contribution in [3.63, 3.8) is 0 Å². The Labute approximate surface area is 153 Å². The summed E-state index contributed by atoms with van der Waals surface area (Å²) in [7, 11) is 0. The molecule has 1 aromatic heterocycles. The number of nitrogens with zero attached hydrogens (tertiary/aromatic N) is 2. The molecule has 2 aromatic rings. The fourth-order valence-corrected chi connectivity index (χ4v) is 3.00. The van der Waals surface area contributed by atoms with E-state index in [9.17, 15) is 22.4 Å². The van der Waals surface area contributed by atoms with Crippen LogP contribution in [0.4, 0.5) is 23.4 Å². The summed E-state index contributed by atoms with van der Waals surface area (Å²) in [6.07, 6.45) is -4.16. The predicted octanol–water partition coefficient (Wildman–Crippen LogP) is 4.21. The molecule has 0 spiro atoms. The van der Waals surface area contributed by atoms with Crippen LogP contribution < -0.4 is 10.6 Å². The van der Waals surface area contributed by atoms with Gasteiger partial charge in [0.15, 0.2) is 11.7 Å². The number of anilines is 1. The highest BCUT2D eigenvalue weighted by Crippen LogP contribution is 2.43. The summed E-state index contributed by atoms with van der Waals surface area (Å²) in [6, 6.07) is 3.95. The first-order chi connectivity index (χ1) is 12.7. The molecule has 3 atom stereocenters. The number of fused-ring (bicyclic) bond motifs is 1. The Kier molecular flexibility index (Phi) is 5.12. The highest BCUT2D eigenvalue weighted by molar-refractivity contribution is 5.93. The molecule has 0 unspecified atom stereocenters. The lowest BCUT2D eigenvalue weighted by molar-refractivity contribution is -0.173. The van der Waals surface area contributed by atoms with E-state index in [1.54, 1.807) is 6.92 Å². The van der Waals surface area contributed by atoms with Crippen molar-refractivity contribution in [2.75, 3.05) is 5.32 Å². The van der Waals surface area contributed by atoms with Crippen molar-refractivity contribution in [2.45, 2.75) is 51.0 Å². The smallest absolute Gasteiger partial charge is 0.363 e. The molecule has 1 aliphatic heterocycles. The fourth-order valence-electron chi connectivity index (χ4n) is 3.00. The van der Waals surface area contributed by atoms with Crippen LogP contribution in [0, 0.1) is 5.82 Å². The van der Waals surface area contributed by atoms with Gasteiger partial charge in [0.25, 0.3) is 5.91 Å². The van der Waals surface area contributed by atoms with Crippen LogP contribution in [-0.2, 0) is 0 Å². The normalized spacial score (nSPS) is 20.5. The van der Waals surface area contributed by atoms with Crippen LogP contribution >= 0.6 is 0 Å². The van der Waals surface area contributed by atoms with E-state index in [0.717, 1.165) is 4.68 Å². The van der Waals surface area contributed by atoms with E-state index in [2.05, 4.69) is 15.7 Å². The van der Waals surface area contributed by atoms with Crippen LogP contribution in [0.2, 0.25) is 0 Å². The Morgan fingerprint density at radius 3 is 2.63 bits per heavy atom. The van der Waals surface area contributed by atoms with E-state index in [0.29, 0.717) is 12.0 Å². The van der Waals surface area contributed by atoms with Gasteiger partial charge in [-0.25, -0.2) is 9.07 Å². The summed E-state index contributed by atoms with van der Waals surface area (Å²) in [5, 5.41) is 9.56. The maximum atomic E-state index is 13.6. The standard InChI is InChI=1S/C18H20F4N4O/c1-3-10(2)23-17(27)14-9-16-24-13(11-4-6-12(19)7-5-11)8-15(18(20,21)22)26(16)25-14/h4-7,9-10,13,15,24H,3,8H2,1-2H3,(H,23,27)/t10-,13+,15-/m0/s1. The number of hydrogen-bond acceptors (Lipinski definition) is 3. The number of amides is 1. The molecule has 1 aliphatic rings. The molecule has 0 fully saturated rings. The first kappa shape index (κ1) is 19.2. The van der Waals surface area contributed by atoms with Crippen molar-refractivity contribution in [3.8, 4) is 0 Å². The largest absolute Gasteiger partial charge is 0.410 e. The molecule has 5 nitrogen and oxygen atoms in total. The van der Waals surface area contributed by atoms with E-state index in [4.69, 9.17) is 0 Å². The van der Waals surface area contributed by atoms with Crippen molar-refractivity contribution < 1.29 is 22.4 Å². The highest BCUT2D eigenvalue weighted by Gasteiger charge is 2.46. The molecule has 1 amide bonds. The second-order valence-electron chi connectivity index (χ2n) is 6.68. The molecule has 9 heteroatoms. The van der Waals surface area contributed by atoms with Gasteiger partial charge < -0.3 is 10.6 Å². The van der Waals surface area contributed by atoms with Crippen molar-refractivity contribution in [1.82, 2.24) is 15.1 Å². The van der Waals surface area contributed by atoms with Crippen molar-refractivity contribution >= 4 is 11.7 Å². The van der Waals surface area contributed by atoms with Crippen LogP contribution in [-0.4, -0.2) is 27.9 Å². The number of halogens is 4. The van der Waals surface area contributed by atoms with Gasteiger partial charge in [-0.1, -0.05) is 19.1 Å². The number of aromatic nitrogens is 2. The molecule has 2 N–H and O–H groups in total. The summed E-state index contributed by atoms with van der Waals surface area (Å²) in [6.45, 7) is 3.69. The molecule has 27 heavy (non-hydrogen) atoms. The number of nitrogens with one attached hydrogen (secondary N) is 2. The average molecular weight is 384 g/mol. The SMILES string of the molecule is CC[C@H](C)NC(=O)c1cc2n(n1)[C@H](C(F)(F)F)C[C@H](c1ccc(F)cc1)N2. The Hall–Kier alpha value is -2.58. The van der Waals surface area contributed by atoms with Crippen LogP contribution in [0.25, 0.3) is 0 Å². The number of hydrogen-bond donors (Lipinski definition) is 2. The summed E-state index contributed by atoms with van der Waals surface area (Å²) in [5.41, 5.74) is 0.454. The lowest BCUT2D eigenvalue weighted by Gasteiger charge is -2.33. The Bertz CT molecular complexity index is 816. The molecule has 0 saturated heterocycles. The first-order valence-corrected chi connectivity index (χ1v) is 8.68. The first-order valence-electron chi connectivity index (χ1n) is 8.68. The van der Waals surface area contributed by atoms with Crippen LogP contribution in [0.15, 0.2) is 30.3 Å². The van der Waals surface area contributed by atoms with E-state index >= 15 is 0 Å². The van der Waals surface area contributed by atoms with E-state index in [1.165, 1.54) is 30.3 Å². The van der Waals surface area contributed by atoms with Gasteiger partial charge in [-0.05, 0) is 31.0 Å².